The number of carbonyl (C=O) groups is 1. The van der Waals surface area contributed by atoms with E-state index >= 15 is 0 Å². The van der Waals surface area contributed by atoms with Crippen LogP contribution in [0, 0.1) is 0 Å². The van der Waals surface area contributed by atoms with Crippen molar-refractivity contribution < 1.29 is 9.90 Å². The normalized spacial score (nSPS) is 16.4. The highest BCUT2D eigenvalue weighted by atomic mass is 16.3. The molecule has 2 heterocycles. The quantitative estimate of drug-likeness (QED) is 0.482. The fourth-order valence-corrected chi connectivity index (χ4v) is 4.15. The number of hydrogen-bond donors (Lipinski definition) is 1. The molecule has 1 aliphatic rings. The Morgan fingerprint density at radius 1 is 0.966 bits per heavy atom. The molecule has 1 fully saturated rings. The van der Waals surface area contributed by atoms with Crippen LogP contribution >= 0.6 is 0 Å². The van der Waals surface area contributed by atoms with E-state index in [1.165, 1.54) is 19.3 Å². The van der Waals surface area contributed by atoms with Crippen molar-refractivity contribution >= 4 is 22.8 Å². The predicted molar refractivity (Wildman–Crippen MR) is 118 cm³/mol. The minimum Gasteiger partial charge on any atom is -0.390 e. The molecule has 0 bridgehead atoms. The third kappa shape index (κ3) is 4.84. The van der Waals surface area contributed by atoms with Gasteiger partial charge in [-0.15, -0.1) is 0 Å². The van der Waals surface area contributed by atoms with Gasteiger partial charge in [-0.1, -0.05) is 55.0 Å². The number of fused-ring (bicyclic) bond motifs is 1. The molecule has 29 heavy (non-hydrogen) atoms. The number of ketones is 1. The lowest BCUT2D eigenvalue weighted by Crippen LogP contribution is -2.37. The molecule has 2 aromatic carbocycles. The number of likely N-dealkylation sites (tertiary alicyclic amines) is 1. The summed E-state index contributed by atoms with van der Waals surface area (Å²) in [7, 11) is 0. The number of aliphatic hydroxyl groups excluding tert-OH is 1. The number of nitrogens with zero attached hydrogens (tertiary/aromatic N) is 2. The van der Waals surface area contributed by atoms with Crippen LogP contribution in [0.1, 0.15) is 35.2 Å². The molecule has 150 valence electrons. The molecule has 0 spiro atoms. The van der Waals surface area contributed by atoms with Crippen molar-refractivity contribution in [3.05, 3.63) is 78.0 Å². The number of β-amino-alcohol motifs (C(OH)–C–C–N with tert-alkyl or cyclic N) is 1. The molecule has 4 nitrogen and oxygen atoms in total. The second-order valence-corrected chi connectivity index (χ2v) is 7.83. The highest BCUT2D eigenvalue weighted by Gasteiger charge is 2.16. The number of hydrogen-bond acceptors (Lipinski definition) is 3. The van der Waals surface area contributed by atoms with Crippen LogP contribution in [-0.4, -0.2) is 46.1 Å². The number of benzene rings is 2. The Balaban J connectivity index is 1.52. The van der Waals surface area contributed by atoms with Crippen LogP contribution in [0.25, 0.3) is 17.0 Å². The number of piperidine rings is 1. The highest BCUT2D eigenvalue weighted by Crippen LogP contribution is 2.23. The molecule has 1 saturated heterocycles. The van der Waals surface area contributed by atoms with Crippen LogP contribution in [0.5, 0.6) is 0 Å². The Labute approximate surface area is 172 Å². The Hall–Kier alpha value is -2.69. The van der Waals surface area contributed by atoms with Gasteiger partial charge in [0.1, 0.15) is 0 Å². The number of aliphatic hydroxyl groups is 1. The summed E-state index contributed by atoms with van der Waals surface area (Å²) in [4.78, 5) is 14.8. The van der Waals surface area contributed by atoms with Crippen molar-refractivity contribution in [1.82, 2.24) is 9.47 Å². The zero-order valence-corrected chi connectivity index (χ0v) is 16.7. The monoisotopic (exact) mass is 388 g/mol. The predicted octanol–water partition coefficient (Wildman–Crippen LogP) is 4.38. The zero-order valence-electron chi connectivity index (χ0n) is 16.7. The second kappa shape index (κ2) is 9.21. The van der Waals surface area contributed by atoms with Crippen LogP contribution in [-0.2, 0) is 6.54 Å². The van der Waals surface area contributed by atoms with Crippen LogP contribution in [0.3, 0.4) is 0 Å². The summed E-state index contributed by atoms with van der Waals surface area (Å²) in [6.07, 6.45) is 8.89. The molecule has 4 heteroatoms. The van der Waals surface area contributed by atoms with Crippen molar-refractivity contribution in [2.24, 2.45) is 0 Å². The Morgan fingerprint density at radius 3 is 2.48 bits per heavy atom. The first-order valence-electron chi connectivity index (χ1n) is 10.5. The molecule has 0 unspecified atom stereocenters. The van der Waals surface area contributed by atoms with Crippen molar-refractivity contribution in [3.63, 3.8) is 0 Å². The Morgan fingerprint density at radius 2 is 1.69 bits per heavy atom. The second-order valence-electron chi connectivity index (χ2n) is 7.83. The van der Waals surface area contributed by atoms with Crippen molar-refractivity contribution in [1.29, 1.82) is 0 Å². The minimum atomic E-state index is -0.410. The Bertz CT molecular complexity index is 984. The number of rotatable bonds is 7. The maximum Gasteiger partial charge on any atom is 0.185 e. The van der Waals surface area contributed by atoms with E-state index in [9.17, 15) is 9.90 Å². The molecule has 1 N–H and O–H groups in total. The van der Waals surface area contributed by atoms with Crippen molar-refractivity contribution in [2.45, 2.75) is 31.9 Å². The molecule has 0 aliphatic carbocycles. The molecule has 4 rings (SSSR count). The molecule has 3 aromatic rings. The maximum atomic E-state index is 12.4. The van der Waals surface area contributed by atoms with E-state index in [2.05, 4.69) is 21.6 Å². The molecule has 1 atom stereocenters. The SMILES string of the molecule is O=C(/C=C/c1cn(C[C@@H](O)CN2CCCCC2)c2ccccc12)c1ccccc1. The van der Waals surface area contributed by atoms with E-state index in [0.717, 1.165) is 29.6 Å². The van der Waals surface area contributed by atoms with Gasteiger partial charge in [0.15, 0.2) is 5.78 Å². The lowest BCUT2D eigenvalue weighted by atomic mass is 10.1. The number of aromatic nitrogens is 1. The van der Waals surface area contributed by atoms with Gasteiger partial charge >= 0.3 is 0 Å². The van der Waals surface area contributed by atoms with Crippen LogP contribution in [0.2, 0.25) is 0 Å². The highest BCUT2D eigenvalue weighted by molar-refractivity contribution is 6.07. The fourth-order valence-electron chi connectivity index (χ4n) is 4.15. The molecular formula is C25H28N2O2. The smallest absolute Gasteiger partial charge is 0.185 e. The average Bonchev–Trinajstić information content (AvgIpc) is 3.11. The number of para-hydroxylation sites is 1. The van der Waals surface area contributed by atoms with Gasteiger partial charge in [0.05, 0.1) is 6.10 Å². The number of allylic oxidation sites excluding steroid dienone is 1. The van der Waals surface area contributed by atoms with Crippen LogP contribution in [0.4, 0.5) is 0 Å². The van der Waals surface area contributed by atoms with Gasteiger partial charge in [0.25, 0.3) is 0 Å². The third-order valence-corrected chi connectivity index (χ3v) is 5.62. The average molecular weight is 389 g/mol. The topological polar surface area (TPSA) is 45.5 Å². The fraction of sp³-hybridized carbons (Fsp3) is 0.320. The van der Waals surface area contributed by atoms with Crippen molar-refractivity contribution in [3.8, 4) is 0 Å². The first kappa shape index (κ1) is 19.6. The van der Waals surface area contributed by atoms with E-state index in [4.69, 9.17) is 0 Å². The van der Waals surface area contributed by atoms with Gasteiger partial charge in [-0.2, -0.15) is 0 Å². The summed E-state index contributed by atoms with van der Waals surface area (Å²) in [6, 6.07) is 17.5. The van der Waals surface area contributed by atoms with Gasteiger partial charge in [0.2, 0.25) is 0 Å². The van der Waals surface area contributed by atoms with E-state index in [0.29, 0.717) is 18.7 Å². The molecule has 0 saturated carbocycles. The van der Waals surface area contributed by atoms with E-state index in [-0.39, 0.29) is 5.78 Å². The lowest BCUT2D eigenvalue weighted by molar-refractivity contribution is 0.0892. The summed E-state index contributed by atoms with van der Waals surface area (Å²) in [5, 5.41) is 11.7. The van der Waals surface area contributed by atoms with E-state index < -0.39 is 6.10 Å². The van der Waals surface area contributed by atoms with Gasteiger partial charge in [-0.3, -0.25) is 4.79 Å². The molecule has 1 aromatic heterocycles. The first-order chi connectivity index (χ1) is 14.2. The third-order valence-electron chi connectivity index (χ3n) is 5.62. The summed E-state index contributed by atoms with van der Waals surface area (Å²) in [5.74, 6) is -0.00688. The van der Waals surface area contributed by atoms with Crippen LogP contribution < -0.4 is 0 Å². The molecule has 1 aliphatic heterocycles. The lowest BCUT2D eigenvalue weighted by Gasteiger charge is -2.28. The van der Waals surface area contributed by atoms with Crippen LogP contribution in [0.15, 0.2) is 66.9 Å². The molecule has 0 amide bonds. The summed E-state index contributed by atoms with van der Waals surface area (Å²) >= 11 is 0. The summed E-state index contributed by atoms with van der Waals surface area (Å²) < 4.78 is 2.11. The summed E-state index contributed by atoms with van der Waals surface area (Å²) in [6.45, 7) is 3.43. The standard InChI is InChI=1S/C25H28N2O2/c28-22(18-26-15-7-2-8-16-26)19-27-17-21(23-11-5-6-12-24(23)27)13-14-25(29)20-9-3-1-4-10-20/h1,3-6,9-14,17,22,28H,2,7-8,15-16,18-19H2/b14-13+/t22-/m0/s1. The largest absolute Gasteiger partial charge is 0.390 e. The summed E-state index contributed by atoms with van der Waals surface area (Å²) in [5.41, 5.74) is 2.76. The van der Waals surface area contributed by atoms with Gasteiger partial charge in [-0.25, -0.2) is 0 Å². The van der Waals surface area contributed by atoms with Gasteiger partial charge in [0, 0.05) is 41.3 Å². The van der Waals surface area contributed by atoms with Crippen molar-refractivity contribution in [2.75, 3.05) is 19.6 Å². The first-order valence-corrected chi connectivity index (χ1v) is 10.5. The van der Waals surface area contributed by atoms with Gasteiger partial charge < -0.3 is 14.6 Å². The zero-order chi connectivity index (χ0) is 20.1. The molecule has 0 radical (unpaired) electrons. The van der Waals surface area contributed by atoms with E-state index in [1.54, 1.807) is 6.08 Å². The Kier molecular flexibility index (Phi) is 6.23. The minimum absolute atomic E-state index is 0.00688. The number of carbonyl (C=O) groups excluding carboxylic acids is 1. The maximum absolute atomic E-state index is 12.4. The van der Waals surface area contributed by atoms with E-state index in [1.807, 2.05) is 54.7 Å². The molecular weight excluding hydrogens is 360 g/mol. The van der Waals surface area contributed by atoms with Gasteiger partial charge in [-0.05, 0) is 44.1 Å².